The van der Waals surface area contributed by atoms with Gasteiger partial charge in [0, 0.05) is 0 Å². The molecule has 0 aliphatic heterocycles. The Kier molecular flexibility index (Phi) is 8.07. The minimum Gasteiger partial charge on any atom is -0.151 e. The van der Waals surface area contributed by atoms with Crippen LogP contribution in [0.3, 0.4) is 0 Å². The van der Waals surface area contributed by atoms with E-state index in [-0.39, 0.29) is 0 Å². The van der Waals surface area contributed by atoms with Gasteiger partial charge in [-0.15, -0.1) is 0 Å². The second-order valence-corrected chi connectivity index (χ2v) is 8.33. The summed E-state index contributed by atoms with van der Waals surface area (Å²) in [6.45, 7) is 4.37. The van der Waals surface area contributed by atoms with Crippen LogP contribution in [-0.4, -0.2) is 0 Å². The van der Waals surface area contributed by atoms with Crippen LogP contribution in [0.2, 0.25) is 0 Å². The van der Waals surface area contributed by atoms with Crippen molar-refractivity contribution >= 4 is 22.7 Å². The summed E-state index contributed by atoms with van der Waals surface area (Å²) < 4.78 is 0. The summed E-state index contributed by atoms with van der Waals surface area (Å²) in [5, 5.41) is 17.4. The van der Waals surface area contributed by atoms with Crippen molar-refractivity contribution in [2.24, 2.45) is 20.5 Å². The molecule has 0 spiro atoms. The van der Waals surface area contributed by atoms with Crippen molar-refractivity contribution < 1.29 is 0 Å². The summed E-state index contributed by atoms with van der Waals surface area (Å²) in [5.74, 6) is 0. The predicted octanol–water partition coefficient (Wildman–Crippen LogP) is 10.1. The monoisotopic (exact) mass is 446 g/mol. The van der Waals surface area contributed by atoms with Gasteiger partial charge in [-0.1, -0.05) is 75.2 Å². The molecule has 0 radical (unpaired) electrons. The lowest BCUT2D eigenvalue weighted by Gasteiger charge is -2.03. The molecular formula is C30H30N4. The van der Waals surface area contributed by atoms with Crippen LogP contribution >= 0.6 is 0 Å². The van der Waals surface area contributed by atoms with E-state index in [2.05, 4.69) is 82.8 Å². The highest BCUT2D eigenvalue weighted by atomic mass is 15.1. The Morgan fingerprint density at radius 2 is 0.647 bits per heavy atom. The van der Waals surface area contributed by atoms with Crippen LogP contribution in [0.1, 0.15) is 37.8 Å². The molecule has 0 unspecified atom stereocenters. The molecular weight excluding hydrogens is 416 g/mol. The summed E-state index contributed by atoms with van der Waals surface area (Å²) in [6.07, 6.45) is 4.48. The lowest BCUT2D eigenvalue weighted by molar-refractivity contribution is 0.921. The number of hydrogen-bond donors (Lipinski definition) is 0. The summed E-state index contributed by atoms with van der Waals surface area (Å²) in [6, 6.07) is 32.7. The zero-order valence-corrected chi connectivity index (χ0v) is 19.9. The van der Waals surface area contributed by atoms with Gasteiger partial charge in [0.25, 0.3) is 0 Å². The van der Waals surface area contributed by atoms with Gasteiger partial charge in [-0.3, -0.25) is 0 Å². The number of hydrogen-bond acceptors (Lipinski definition) is 4. The minimum absolute atomic E-state index is 0.830. The van der Waals surface area contributed by atoms with Gasteiger partial charge in [0.05, 0.1) is 22.7 Å². The summed E-state index contributed by atoms with van der Waals surface area (Å²) in [4.78, 5) is 0. The van der Waals surface area contributed by atoms with Crippen LogP contribution in [0.5, 0.6) is 0 Å². The summed E-state index contributed by atoms with van der Waals surface area (Å²) >= 11 is 0. The number of nitrogens with zero attached hydrogens (tertiary/aromatic N) is 4. The van der Waals surface area contributed by atoms with Crippen molar-refractivity contribution in [3.63, 3.8) is 0 Å². The third-order valence-electron chi connectivity index (χ3n) is 5.58. The Morgan fingerprint density at radius 1 is 0.382 bits per heavy atom. The fourth-order valence-corrected chi connectivity index (χ4v) is 3.71. The first-order valence-electron chi connectivity index (χ1n) is 12.0. The fraction of sp³-hybridized carbons (Fsp3) is 0.200. The zero-order chi connectivity index (χ0) is 23.6. The van der Waals surface area contributed by atoms with E-state index >= 15 is 0 Å². The van der Waals surface area contributed by atoms with E-state index in [9.17, 15) is 0 Å². The van der Waals surface area contributed by atoms with E-state index in [1.807, 2.05) is 48.5 Å². The first-order valence-corrected chi connectivity index (χ1v) is 12.0. The van der Waals surface area contributed by atoms with Crippen LogP contribution in [-0.2, 0) is 12.8 Å². The second kappa shape index (κ2) is 11.8. The van der Waals surface area contributed by atoms with E-state index in [1.165, 1.54) is 11.1 Å². The molecule has 0 fully saturated rings. The fourth-order valence-electron chi connectivity index (χ4n) is 3.71. The van der Waals surface area contributed by atoms with Crippen LogP contribution in [0.15, 0.2) is 118 Å². The molecule has 0 saturated heterocycles. The largest absolute Gasteiger partial charge is 0.151 e. The molecule has 0 atom stereocenters. The average Bonchev–Trinajstić information content (AvgIpc) is 2.89. The average molecular weight is 447 g/mol. The van der Waals surface area contributed by atoms with Crippen molar-refractivity contribution in [2.75, 3.05) is 0 Å². The van der Waals surface area contributed by atoms with E-state index in [1.54, 1.807) is 0 Å². The lowest BCUT2D eigenvalue weighted by atomic mass is 10.1. The smallest absolute Gasteiger partial charge is 0.0857 e. The molecule has 0 aliphatic carbocycles. The predicted molar refractivity (Wildman–Crippen MR) is 141 cm³/mol. The quantitative estimate of drug-likeness (QED) is 0.230. The minimum atomic E-state index is 0.830. The molecule has 0 aromatic heterocycles. The topological polar surface area (TPSA) is 49.4 Å². The Balaban J connectivity index is 1.37. The third kappa shape index (κ3) is 6.55. The third-order valence-corrected chi connectivity index (χ3v) is 5.58. The molecule has 0 bridgehead atoms. The van der Waals surface area contributed by atoms with Gasteiger partial charge in [-0.25, -0.2) is 0 Å². The van der Waals surface area contributed by atoms with E-state index in [0.29, 0.717) is 0 Å². The molecule has 34 heavy (non-hydrogen) atoms. The number of benzene rings is 4. The van der Waals surface area contributed by atoms with Crippen molar-refractivity contribution in [1.29, 1.82) is 0 Å². The Morgan fingerprint density at radius 3 is 0.912 bits per heavy atom. The standard InChI is InChI=1S/C30H30N4/c1-3-5-23-7-15-27(16-8-23)31-33-29-19-11-25(12-20-29)26-13-21-30(22-14-26)34-32-28-17-9-24(6-4-2)10-18-28/h7-22H,3-6H2,1-2H3. The zero-order valence-electron chi connectivity index (χ0n) is 19.9. The number of azo groups is 2. The normalized spacial score (nSPS) is 11.5. The summed E-state index contributed by atoms with van der Waals surface area (Å²) in [5.41, 5.74) is 8.30. The van der Waals surface area contributed by atoms with Crippen molar-refractivity contribution in [1.82, 2.24) is 0 Å². The van der Waals surface area contributed by atoms with Gasteiger partial charge < -0.3 is 0 Å². The maximum Gasteiger partial charge on any atom is 0.0857 e. The molecule has 0 aliphatic rings. The molecule has 0 saturated carbocycles. The van der Waals surface area contributed by atoms with Crippen molar-refractivity contribution in [3.8, 4) is 11.1 Å². The molecule has 4 heteroatoms. The maximum absolute atomic E-state index is 4.37. The Labute approximate surface area is 202 Å². The van der Waals surface area contributed by atoms with E-state index < -0.39 is 0 Å². The lowest BCUT2D eigenvalue weighted by Crippen LogP contribution is -1.80. The van der Waals surface area contributed by atoms with Crippen LogP contribution < -0.4 is 0 Å². The van der Waals surface area contributed by atoms with Crippen molar-refractivity contribution in [3.05, 3.63) is 108 Å². The first-order chi connectivity index (χ1) is 16.7. The molecule has 0 N–H and O–H groups in total. The van der Waals surface area contributed by atoms with Crippen LogP contribution in [0.4, 0.5) is 22.7 Å². The SMILES string of the molecule is CCCc1ccc(N=Nc2ccc(-c3ccc(N=Nc4ccc(CCC)cc4)cc3)cc2)cc1. The Hall–Kier alpha value is -3.92. The van der Waals surface area contributed by atoms with E-state index in [4.69, 9.17) is 0 Å². The van der Waals surface area contributed by atoms with Crippen LogP contribution in [0, 0.1) is 0 Å². The number of aryl methyl sites for hydroxylation is 2. The van der Waals surface area contributed by atoms with Gasteiger partial charge >= 0.3 is 0 Å². The van der Waals surface area contributed by atoms with Gasteiger partial charge in [-0.2, -0.15) is 20.5 Å². The Bertz CT molecular complexity index is 1120. The maximum atomic E-state index is 4.37. The molecule has 4 nitrogen and oxygen atoms in total. The van der Waals surface area contributed by atoms with Crippen molar-refractivity contribution in [2.45, 2.75) is 39.5 Å². The highest BCUT2D eigenvalue weighted by molar-refractivity contribution is 5.67. The molecule has 0 amide bonds. The molecule has 170 valence electrons. The van der Waals surface area contributed by atoms with E-state index in [0.717, 1.165) is 59.6 Å². The summed E-state index contributed by atoms with van der Waals surface area (Å²) in [7, 11) is 0. The van der Waals surface area contributed by atoms with Gasteiger partial charge in [0.1, 0.15) is 0 Å². The second-order valence-electron chi connectivity index (χ2n) is 8.33. The van der Waals surface area contributed by atoms with Gasteiger partial charge in [0.15, 0.2) is 0 Å². The first kappa shape index (κ1) is 23.2. The van der Waals surface area contributed by atoms with Crippen LogP contribution in [0.25, 0.3) is 11.1 Å². The molecule has 4 aromatic rings. The van der Waals surface area contributed by atoms with Gasteiger partial charge in [0.2, 0.25) is 0 Å². The van der Waals surface area contributed by atoms with Gasteiger partial charge in [-0.05, 0) is 83.6 Å². The molecule has 0 heterocycles. The highest BCUT2D eigenvalue weighted by Gasteiger charge is 2.00. The number of rotatable bonds is 9. The molecule has 4 rings (SSSR count). The highest BCUT2D eigenvalue weighted by Crippen LogP contribution is 2.27. The molecule has 4 aromatic carbocycles.